The van der Waals surface area contributed by atoms with Crippen LogP contribution < -0.4 is 11.1 Å². The van der Waals surface area contributed by atoms with Gasteiger partial charge in [-0.05, 0) is 25.1 Å². The number of hydrogen-bond donors (Lipinski definition) is 2. The van der Waals surface area contributed by atoms with Crippen molar-refractivity contribution in [3.63, 3.8) is 0 Å². The quantitative estimate of drug-likeness (QED) is 0.730. The zero-order chi connectivity index (χ0) is 11.4. The van der Waals surface area contributed by atoms with Gasteiger partial charge in [-0.1, -0.05) is 6.07 Å². The van der Waals surface area contributed by atoms with Crippen LogP contribution in [0.15, 0.2) is 30.6 Å². The second kappa shape index (κ2) is 4.76. The van der Waals surface area contributed by atoms with E-state index in [1.165, 1.54) is 0 Å². The molecule has 0 fully saturated rings. The zero-order valence-electron chi connectivity index (χ0n) is 8.89. The molecule has 16 heavy (non-hydrogen) atoms. The van der Waals surface area contributed by atoms with Gasteiger partial charge in [0.15, 0.2) is 0 Å². The molecule has 84 valence electrons. The number of aromatic nitrogens is 2. The van der Waals surface area contributed by atoms with Crippen molar-refractivity contribution in [2.45, 2.75) is 6.42 Å². The van der Waals surface area contributed by atoms with E-state index in [9.17, 15) is 4.79 Å². The standard InChI is InChI=1S/C11H14N4O/c12-5-3-6-13-11(16)9-8-14-15-7-2-1-4-10(9)15/h1-2,4,7-8H,3,5-6,12H2,(H,13,16). The van der Waals surface area contributed by atoms with Gasteiger partial charge in [-0.25, -0.2) is 4.52 Å². The average molecular weight is 218 g/mol. The van der Waals surface area contributed by atoms with Crippen molar-refractivity contribution in [3.8, 4) is 0 Å². The van der Waals surface area contributed by atoms with Crippen molar-refractivity contribution in [2.75, 3.05) is 13.1 Å². The molecule has 2 rings (SSSR count). The van der Waals surface area contributed by atoms with Gasteiger partial charge in [-0.15, -0.1) is 0 Å². The van der Waals surface area contributed by atoms with E-state index in [1.807, 2.05) is 24.4 Å². The average Bonchev–Trinajstić information content (AvgIpc) is 2.73. The Morgan fingerprint density at radius 1 is 1.50 bits per heavy atom. The molecule has 2 heterocycles. The summed E-state index contributed by atoms with van der Waals surface area (Å²) in [6, 6.07) is 5.62. The minimum absolute atomic E-state index is 0.102. The van der Waals surface area contributed by atoms with E-state index in [0.29, 0.717) is 18.7 Å². The third kappa shape index (κ3) is 2.04. The van der Waals surface area contributed by atoms with Crippen LogP contribution >= 0.6 is 0 Å². The lowest BCUT2D eigenvalue weighted by Crippen LogP contribution is -2.25. The van der Waals surface area contributed by atoms with E-state index in [-0.39, 0.29) is 5.91 Å². The van der Waals surface area contributed by atoms with Crippen LogP contribution in [0.4, 0.5) is 0 Å². The molecule has 0 bridgehead atoms. The van der Waals surface area contributed by atoms with Gasteiger partial charge in [-0.3, -0.25) is 4.79 Å². The Morgan fingerprint density at radius 3 is 3.19 bits per heavy atom. The molecule has 0 spiro atoms. The van der Waals surface area contributed by atoms with Gasteiger partial charge in [0, 0.05) is 12.7 Å². The summed E-state index contributed by atoms with van der Waals surface area (Å²) in [6.45, 7) is 1.18. The maximum absolute atomic E-state index is 11.8. The number of pyridine rings is 1. The fraction of sp³-hybridized carbons (Fsp3) is 0.273. The molecule has 1 amide bonds. The minimum atomic E-state index is -0.102. The van der Waals surface area contributed by atoms with Crippen LogP contribution in [0.2, 0.25) is 0 Å². The molecule has 0 aromatic carbocycles. The molecule has 0 atom stereocenters. The lowest BCUT2D eigenvalue weighted by atomic mass is 10.2. The first-order valence-corrected chi connectivity index (χ1v) is 5.23. The van der Waals surface area contributed by atoms with E-state index in [2.05, 4.69) is 10.4 Å². The molecular weight excluding hydrogens is 204 g/mol. The summed E-state index contributed by atoms with van der Waals surface area (Å²) < 4.78 is 1.68. The lowest BCUT2D eigenvalue weighted by Gasteiger charge is -2.02. The van der Waals surface area contributed by atoms with Gasteiger partial charge in [0.25, 0.3) is 5.91 Å². The van der Waals surface area contributed by atoms with E-state index >= 15 is 0 Å². The second-order valence-corrected chi connectivity index (χ2v) is 3.49. The van der Waals surface area contributed by atoms with Gasteiger partial charge in [0.05, 0.1) is 17.3 Å². The van der Waals surface area contributed by atoms with Gasteiger partial charge < -0.3 is 11.1 Å². The molecule has 2 aromatic heterocycles. The Kier molecular flexibility index (Phi) is 3.16. The summed E-state index contributed by atoms with van der Waals surface area (Å²) in [6.07, 6.45) is 4.17. The first kappa shape index (κ1) is 10.6. The number of carbonyl (C=O) groups excluding carboxylic acids is 1. The number of nitrogens with zero attached hydrogens (tertiary/aromatic N) is 2. The van der Waals surface area contributed by atoms with Crippen LogP contribution in [0.25, 0.3) is 5.52 Å². The van der Waals surface area contributed by atoms with Gasteiger partial charge >= 0.3 is 0 Å². The molecule has 0 radical (unpaired) electrons. The molecule has 3 N–H and O–H groups in total. The van der Waals surface area contributed by atoms with Crippen LogP contribution in [-0.2, 0) is 0 Å². The molecule has 2 aromatic rings. The van der Waals surface area contributed by atoms with Crippen molar-refractivity contribution in [2.24, 2.45) is 5.73 Å². The third-order valence-corrected chi connectivity index (χ3v) is 2.34. The van der Waals surface area contributed by atoms with E-state index in [1.54, 1.807) is 10.7 Å². The summed E-state index contributed by atoms with van der Waals surface area (Å²) in [4.78, 5) is 11.8. The maximum Gasteiger partial charge on any atom is 0.255 e. The highest BCUT2D eigenvalue weighted by molar-refractivity contribution is 6.00. The van der Waals surface area contributed by atoms with Gasteiger partial charge in [0.2, 0.25) is 0 Å². The van der Waals surface area contributed by atoms with Gasteiger partial charge in [0.1, 0.15) is 0 Å². The fourth-order valence-corrected chi connectivity index (χ4v) is 1.51. The van der Waals surface area contributed by atoms with Crippen LogP contribution in [0.5, 0.6) is 0 Å². The maximum atomic E-state index is 11.8. The number of nitrogens with two attached hydrogens (primary N) is 1. The first-order chi connectivity index (χ1) is 7.83. The van der Waals surface area contributed by atoms with Crippen molar-refractivity contribution in [3.05, 3.63) is 36.2 Å². The van der Waals surface area contributed by atoms with Crippen LogP contribution in [0.3, 0.4) is 0 Å². The number of carbonyl (C=O) groups is 1. The lowest BCUT2D eigenvalue weighted by molar-refractivity contribution is 0.0955. The predicted octanol–water partition coefficient (Wildman–Crippen LogP) is 0.413. The van der Waals surface area contributed by atoms with Gasteiger partial charge in [-0.2, -0.15) is 5.10 Å². The predicted molar refractivity (Wildman–Crippen MR) is 61.2 cm³/mol. The van der Waals surface area contributed by atoms with Crippen LogP contribution in [-0.4, -0.2) is 28.6 Å². The number of fused-ring (bicyclic) bond motifs is 1. The monoisotopic (exact) mass is 218 g/mol. The van der Waals surface area contributed by atoms with E-state index in [4.69, 9.17) is 5.73 Å². The third-order valence-electron chi connectivity index (χ3n) is 2.34. The van der Waals surface area contributed by atoms with E-state index in [0.717, 1.165) is 11.9 Å². The summed E-state index contributed by atoms with van der Waals surface area (Å²) in [5, 5.41) is 6.90. The minimum Gasteiger partial charge on any atom is -0.352 e. The summed E-state index contributed by atoms with van der Waals surface area (Å²) in [5.74, 6) is -0.102. The highest BCUT2D eigenvalue weighted by Gasteiger charge is 2.10. The topological polar surface area (TPSA) is 72.4 Å². The molecule has 5 nitrogen and oxygen atoms in total. The molecule has 0 unspecified atom stereocenters. The Hall–Kier alpha value is -1.88. The highest BCUT2D eigenvalue weighted by Crippen LogP contribution is 2.09. The SMILES string of the molecule is NCCCNC(=O)c1cnn2ccccc12. The van der Waals surface area contributed by atoms with Crippen LogP contribution in [0.1, 0.15) is 16.8 Å². The number of rotatable bonds is 4. The van der Waals surface area contributed by atoms with Crippen molar-refractivity contribution < 1.29 is 4.79 Å². The molecular formula is C11H14N4O. The second-order valence-electron chi connectivity index (χ2n) is 3.49. The molecule has 0 aliphatic rings. The van der Waals surface area contributed by atoms with Crippen LogP contribution in [0, 0.1) is 0 Å². The molecule has 0 aliphatic heterocycles. The summed E-state index contributed by atoms with van der Waals surface area (Å²) >= 11 is 0. The number of nitrogens with one attached hydrogen (secondary N) is 1. The summed E-state index contributed by atoms with van der Waals surface area (Å²) in [5.41, 5.74) is 6.76. The summed E-state index contributed by atoms with van der Waals surface area (Å²) in [7, 11) is 0. The smallest absolute Gasteiger partial charge is 0.255 e. The number of hydrogen-bond acceptors (Lipinski definition) is 3. The number of amides is 1. The Bertz CT molecular complexity index is 491. The fourth-order valence-electron chi connectivity index (χ4n) is 1.51. The van der Waals surface area contributed by atoms with E-state index < -0.39 is 0 Å². The molecule has 0 aliphatic carbocycles. The zero-order valence-corrected chi connectivity index (χ0v) is 8.89. The Morgan fingerprint density at radius 2 is 2.38 bits per heavy atom. The van der Waals surface area contributed by atoms with Crippen molar-refractivity contribution in [1.82, 2.24) is 14.9 Å². The Balaban J connectivity index is 2.17. The first-order valence-electron chi connectivity index (χ1n) is 5.23. The molecule has 0 saturated heterocycles. The van der Waals surface area contributed by atoms with Crippen molar-refractivity contribution >= 4 is 11.4 Å². The molecule has 5 heteroatoms. The normalized spacial score (nSPS) is 10.6. The Labute approximate surface area is 93.2 Å². The highest BCUT2D eigenvalue weighted by atomic mass is 16.1. The van der Waals surface area contributed by atoms with Crippen molar-refractivity contribution in [1.29, 1.82) is 0 Å². The molecule has 0 saturated carbocycles. The largest absolute Gasteiger partial charge is 0.352 e.